The van der Waals surface area contributed by atoms with Gasteiger partial charge in [0.1, 0.15) is 11.6 Å². The molecule has 7 heteroatoms. The first-order valence-corrected chi connectivity index (χ1v) is 10.3. The molecule has 160 valence electrons. The van der Waals surface area contributed by atoms with Crippen molar-refractivity contribution in [1.29, 1.82) is 0 Å². The number of rotatable bonds is 7. The molecule has 1 atom stereocenters. The predicted molar refractivity (Wildman–Crippen MR) is 123 cm³/mol. The van der Waals surface area contributed by atoms with Crippen molar-refractivity contribution in [2.75, 3.05) is 12.4 Å². The van der Waals surface area contributed by atoms with E-state index in [1.807, 2.05) is 45.3 Å². The van der Waals surface area contributed by atoms with Crippen molar-refractivity contribution >= 4 is 16.7 Å². The molecule has 7 nitrogen and oxygen atoms in total. The van der Waals surface area contributed by atoms with Crippen molar-refractivity contribution < 1.29 is 9.47 Å². The Kier molecular flexibility index (Phi) is 5.75. The molecule has 0 spiro atoms. The molecule has 0 aliphatic carbocycles. The number of H-pyrrole nitrogens is 1. The minimum absolute atomic E-state index is 0.0266. The summed E-state index contributed by atoms with van der Waals surface area (Å²) in [5.74, 6) is 2.79. The average Bonchev–Trinajstić information content (AvgIpc) is 3.28. The number of ether oxygens (including phenoxy) is 2. The number of hydrogen-bond acceptors (Lipinski definition) is 6. The van der Waals surface area contributed by atoms with Gasteiger partial charge in [0, 0.05) is 29.3 Å². The second kappa shape index (κ2) is 8.63. The zero-order valence-corrected chi connectivity index (χ0v) is 18.4. The third-order valence-corrected chi connectivity index (χ3v) is 5.03. The lowest BCUT2D eigenvalue weighted by molar-refractivity contribution is 0.230. The van der Waals surface area contributed by atoms with Crippen molar-refractivity contribution in [3.8, 4) is 22.6 Å². The van der Waals surface area contributed by atoms with Crippen LogP contribution in [0.15, 0.2) is 48.8 Å². The van der Waals surface area contributed by atoms with E-state index in [-0.39, 0.29) is 12.1 Å². The Morgan fingerprint density at radius 1 is 1.00 bits per heavy atom. The zero-order chi connectivity index (χ0) is 22.0. The van der Waals surface area contributed by atoms with Crippen LogP contribution >= 0.6 is 0 Å². The topological polar surface area (TPSA) is 85.0 Å². The van der Waals surface area contributed by atoms with E-state index in [1.165, 1.54) is 0 Å². The van der Waals surface area contributed by atoms with Crippen LogP contribution in [0.5, 0.6) is 11.5 Å². The van der Waals surface area contributed by atoms with Gasteiger partial charge >= 0.3 is 0 Å². The van der Waals surface area contributed by atoms with Crippen molar-refractivity contribution in [2.45, 2.75) is 39.8 Å². The molecule has 31 heavy (non-hydrogen) atoms. The summed E-state index contributed by atoms with van der Waals surface area (Å²) in [5, 5.41) is 11.4. The highest BCUT2D eigenvalue weighted by Crippen LogP contribution is 2.36. The van der Waals surface area contributed by atoms with Crippen LogP contribution in [0.1, 0.15) is 38.2 Å². The summed E-state index contributed by atoms with van der Waals surface area (Å²) in [6.45, 7) is 7.99. The number of aromatic nitrogens is 4. The highest BCUT2D eigenvalue weighted by Gasteiger charge is 2.16. The second-order valence-corrected chi connectivity index (χ2v) is 7.78. The van der Waals surface area contributed by atoms with Gasteiger partial charge in [-0.25, -0.2) is 9.97 Å². The van der Waals surface area contributed by atoms with Crippen LogP contribution in [0.25, 0.3) is 22.0 Å². The smallest absolute Gasteiger partial charge is 0.162 e. The van der Waals surface area contributed by atoms with Gasteiger partial charge in [0.2, 0.25) is 0 Å². The van der Waals surface area contributed by atoms with Gasteiger partial charge in [-0.1, -0.05) is 18.2 Å². The van der Waals surface area contributed by atoms with Crippen LogP contribution in [0.3, 0.4) is 0 Å². The molecular weight excluding hydrogens is 390 g/mol. The SMILES string of the molecule is COc1cc2nc(C)nc(NC(C)c3cccc(-c4cn[nH]c4)c3)c2cc1OC(C)C. The molecule has 2 N–H and O–H groups in total. The van der Waals surface area contributed by atoms with Gasteiger partial charge in [-0.2, -0.15) is 5.10 Å². The van der Waals surface area contributed by atoms with Crippen LogP contribution in [0.2, 0.25) is 0 Å². The molecule has 0 radical (unpaired) electrons. The number of anilines is 1. The molecule has 2 heterocycles. The first-order valence-electron chi connectivity index (χ1n) is 10.3. The Balaban J connectivity index is 1.71. The van der Waals surface area contributed by atoms with E-state index < -0.39 is 0 Å². The lowest BCUT2D eigenvalue weighted by atomic mass is 10.0. The van der Waals surface area contributed by atoms with E-state index in [9.17, 15) is 0 Å². The summed E-state index contributed by atoms with van der Waals surface area (Å²) in [4.78, 5) is 9.28. The van der Waals surface area contributed by atoms with Crippen LogP contribution in [0.4, 0.5) is 5.82 Å². The standard InChI is InChI=1S/C24H27N5O2/c1-14(2)31-23-10-20-21(11-22(23)30-5)28-16(4)29-24(20)27-15(3)17-7-6-8-18(9-17)19-12-25-26-13-19/h6-15H,1-5H3,(H,25,26)(H,27,28,29). The largest absolute Gasteiger partial charge is 0.493 e. The molecule has 0 fully saturated rings. The quantitative estimate of drug-likeness (QED) is 0.425. The number of benzene rings is 2. The Labute approximate surface area is 181 Å². The van der Waals surface area contributed by atoms with Gasteiger partial charge in [0.25, 0.3) is 0 Å². The van der Waals surface area contributed by atoms with Gasteiger partial charge in [0.15, 0.2) is 11.5 Å². The molecule has 2 aromatic carbocycles. The van der Waals surface area contributed by atoms with Gasteiger partial charge in [-0.3, -0.25) is 5.10 Å². The third-order valence-electron chi connectivity index (χ3n) is 5.03. The number of fused-ring (bicyclic) bond motifs is 1. The van der Waals surface area contributed by atoms with Crippen LogP contribution in [-0.4, -0.2) is 33.4 Å². The van der Waals surface area contributed by atoms with Crippen molar-refractivity contribution in [2.24, 2.45) is 0 Å². The minimum atomic E-state index is 0.0266. The number of nitrogens with zero attached hydrogens (tertiary/aromatic N) is 3. The molecule has 0 saturated carbocycles. The maximum Gasteiger partial charge on any atom is 0.162 e. The second-order valence-electron chi connectivity index (χ2n) is 7.78. The Bertz CT molecular complexity index is 1190. The fourth-order valence-corrected chi connectivity index (χ4v) is 3.55. The normalized spacial score (nSPS) is 12.2. The highest BCUT2D eigenvalue weighted by atomic mass is 16.5. The highest BCUT2D eigenvalue weighted by molar-refractivity contribution is 5.92. The molecule has 0 amide bonds. The van der Waals surface area contributed by atoms with Crippen LogP contribution < -0.4 is 14.8 Å². The number of hydrogen-bond donors (Lipinski definition) is 2. The van der Waals surface area contributed by atoms with Gasteiger partial charge in [0.05, 0.1) is 24.9 Å². The lowest BCUT2D eigenvalue weighted by Gasteiger charge is -2.19. The van der Waals surface area contributed by atoms with Crippen molar-refractivity contribution in [1.82, 2.24) is 20.2 Å². The van der Waals surface area contributed by atoms with E-state index >= 15 is 0 Å². The van der Waals surface area contributed by atoms with Gasteiger partial charge in [-0.05, 0) is 51.0 Å². The molecule has 2 aromatic heterocycles. The Hall–Kier alpha value is -3.61. The molecule has 1 unspecified atom stereocenters. The Morgan fingerprint density at radius 2 is 1.84 bits per heavy atom. The number of aryl methyl sites for hydroxylation is 1. The maximum atomic E-state index is 5.96. The monoisotopic (exact) mass is 417 g/mol. The summed E-state index contributed by atoms with van der Waals surface area (Å²) in [6.07, 6.45) is 3.74. The molecule has 4 aromatic rings. The molecular formula is C24H27N5O2. The number of methoxy groups -OCH3 is 1. The van der Waals surface area contributed by atoms with Crippen molar-refractivity contribution in [3.05, 3.63) is 60.2 Å². The van der Waals surface area contributed by atoms with E-state index in [0.29, 0.717) is 17.3 Å². The third kappa shape index (κ3) is 4.45. The fourth-order valence-electron chi connectivity index (χ4n) is 3.55. The molecule has 0 aliphatic heterocycles. The van der Waals surface area contributed by atoms with Gasteiger partial charge in [-0.15, -0.1) is 0 Å². The van der Waals surface area contributed by atoms with E-state index in [2.05, 4.69) is 56.7 Å². The summed E-state index contributed by atoms with van der Waals surface area (Å²) in [7, 11) is 1.64. The molecule has 0 bridgehead atoms. The van der Waals surface area contributed by atoms with Gasteiger partial charge < -0.3 is 14.8 Å². The Morgan fingerprint density at radius 3 is 2.55 bits per heavy atom. The van der Waals surface area contributed by atoms with Crippen LogP contribution in [-0.2, 0) is 0 Å². The van der Waals surface area contributed by atoms with E-state index in [4.69, 9.17) is 9.47 Å². The lowest BCUT2D eigenvalue weighted by Crippen LogP contribution is -2.10. The summed E-state index contributed by atoms with van der Waals surface area (Å²) in [6, 6.07) is 12.3. The molecule has 0 aliphatic rings. The maximum absolute atomic E-state index is 5.96. The summed E-state index contributed by atoms with van der Waals surface area (Å²) < 4.78 is 11.5. The minimum Gasteiger partial charge on any atom is -0.493 e. The predicted octanol–water partition coefficient (Wildman–Crippen LogP) is 5.30. The van der Waals surface area contributed by atoms with E-state index in [0.717, 1.165) is 33.4 Å². The fraction of sp³-hybridized carbons (Fsp3) is 0.292. The molecule has 4 rings (SSSR count). The van der Waals surface area contributed by atoms with Crippen LogP contribution in [0, 0.1) is 6.92 Å². The summed E-state index contributed by atoms with van der Waals surface area (Å²) >= 11 is 0. The van der Waals surface area contributed by atoms with E-state index in [1.54, 1.807) is 7.11 Å². The van der Waals surface area contributed by atoms with Crippen molar-refractivity contribution in [3.63, 3.8) is 0 Å². The first kappa shape index (κ1) is 20.7. The molecule has 0 saturated heterocycles. The average molecular weight is 418 g/mol. The number of aromatic amines is 1. The summed E-state index contributed by atoms with van der Waals surface area (Å²) in [5.41, 5.74) is 4.12. The zero-order valence-electron chi connectivity index (χ0n) is 18.4. The first-order chi connectivity index (χ1) is 14.9. The number of nitrogens with one attached hydrogen (secondary N) is 2.